The van der Waals surface area contributed by atoms with E-state index in [4.69, 9.17) is 0 Å². The van der Waals surface area contributed by atoms with E-state index in [9.17, 15) is 4.79 Å². The Labute approximate surface area is 54.5 Å². The average molecular weight is 126 g/mol. The highest BCUT2D eigenvalue weighted by molar-refractivity contribution is 5.57. The highest BCUT2D eigenvalue weighted by Gasteiger charge is 1.82. The van der Waals surface area contributed by atoms with Crippen molar-refractivity contribution in [2.45, 2.75) is 13.8 Å². The van der Waals surface area contributed by atoms with Crippen molar-refractivity contribution in [3.8, 4) is 0 Å². The zero-order valence-electron chi connectivity index (χ0n) is 5.59. The van der Waals surface area contributed by atoms with Crippen LogP contribution in [-0.4, -0.2) is 12.6 Å². The molecule has 0 aliphatic heterocycles. The predicted molar refractivity (Wildman–Crippen MR) is 37.1 cm³/mol. The van der Waals surface area contributed by atoms with Crippen molar-refractivity contribution in [3.63, 3.8) is 0 Å². The Bertz CT molecular complexity index is 138. The lowest BCUT2D eigenvalue weighted by molar-refractivity contribution is -0.108. The van der Waals surface area contributed by atoms with Crippen LogP contribution in [0.5, 0.6) is 0 Å². The molecule has 0 aromatic carbocycles. The van der Waals surface area contributed by atoms with E-state index in [0.29, 0.717) is 12.2 Å². The molecule has 0 saturated carbocycles. The number of nitrogens with zero attached hydrogens (tertiary/aromatic N) is 1. The van der Waals surface area contributed by atoms with E-state index in [2.05, 4.69) is 10.3 Å². The summed E-state index contributed by atoms with van der Waals surface area (Å²) in [5, 5.41) is 2.42. The second-order valence-corrected chi connectivity index (χ2v) is 1.32. The molecule has 0 saturated heterocycles. The van der Waals surface area contributed by atoms with Gasteiger partial charge in [-0.25, -0.2) is 4.99 Å². The first-order chi connectivity index (χ1) is 4.35. The van der Waals surface area contributed by atoms with Gasteiger partial charge in [0.15, 0.2) is 0 Å². The van der Waals surface area contributed by atoms with Crippen LogP contribution in [0.2, 0.25) is 0 Å². The van der Waals surface area contributed by atoms with Crippen molar-refractivity contribution in [1.29, 1.82) is 0 Å². The van der Waals surface area contributed by atoms with E-state index >= 15 is 0 Å². The first-order valence-electron chi connectivity index (χ1n) is 2.70. The molecule has 0 fully saturated rings. The molecular formula is C6H10N2O. The summed E-state index contributed by atoms with van der Waals surface area (Å²) in [6.45, 7) is 3.59. The highest BCUT2D eigenvalue weighted by atomic mass is 16.1. The quantitative estimate of drug-likeness (QED) is 0.438. The molecule has 0 heterocycles. The van der Waals surface area contributed by atoms with Crippen LogP contribution in [-0.2, 0) is 4.79 Å². The SMILES string of the molecule is CC=N/C(=C\C)NC=O. The standard InChI is InChI=1S/C6H10N2O/c1-3-6(7-4-2)8-5-9/h3-5H,1-2H3,(H,8,9)/b6-3+,7-4?. The van der Waals surface area contributed by atoms with E-state index in [0.717, 1.165) is 0 Å². The molecule has 0 spiro atoms. The summed E-state index contributed by atoms with van der Waals surface area (Å²) in [6, 6.07) is 0. The van der Waals surface area contributed by atoms with Crippen LogP contribution in [0, 0.1) is 0 Å². The molecule has 0 radical (unpaired) electrons. The lowest BCUT2D eigenvalue weighted by Gasteiger charge is -1.93. The van der Waals surface area contributed by atoms with Gasteiger partial charge >= 0.3 is 0 Å². The third-order valence-electron chi connectivity index (χ3n) is 0.748. The normalized spacial score (nSPS) is 12.0. The van der Waals surface area contributed by atoms with Gasteiger partial charge in [0.1, 0.15) is 5.82 Å². The molecule has 9 heavy (non-hydrogen) atoms. The van der Waals surface area contributed by atoms with E-state index in [-0.39, 0.29) is 0 Å². The third-order valence-corrected chi connectivity index (χ3v) is 0.748. The Kier molecular flexibility index (Phi) is 4.40. The minimum atomic E-state index is 0.576. The number of carbonyl (C=O) groups is 1. The molecule has 50 valence electrons. The fourth-order valence-electron chi connectivity index (χ4n) is 0.395. The average Bonchev–Trinajstić information content (AvgIpc) is 1.88. The summed E-state index contributed by atoms with van der Waals surface area (Å²) in [5.41, 5.74) is 0. The Morgan fingerprint density at radius 1 is 1.56 bits per heavy atom. The van der Waals surface area contributed by atoms with Gasteiger partial charge in [-0.1, -0.05) is 0 Å². The van der Waals surface area contributed by atoms with Crippen molar-refractivity contribution < 1.29 is 4.79 Å². The first kappa shape index (κ1) is 7.88. The van der Waals surface area contributed by atoms with Crippen LogP contribution >= 0.6 is 0 Å². The van der Waals surface area contributed by atoms with Crippen LogP contribution in [0.15, 0.2) is 16.9 Å². The number of nitrogens with one attached hydrogen (secondary N) is 1. The molecule has 1 N–H and O–H groups in total. The van der Waals surface area contributed by atoms with Crippen molar-refractivity contribution in [1.82, 2.24) is 5.32 Å². The molecular weight excluding hydrogens is 116 g/mol. The number of rotatable bonds is 3. The summed E-state index contributed by atoms with van der Waals surface area (Å²) >= 11 is 0. The largest absolute Gasteiger partial charge is 0.314 e. The maximum absolute atomic E-state index is 9.82. The van der Waals surface area contributed by atoms with Crippen LogP contribution < -0.4 is 5.32 Å². The number of hydrogen-bond acceptors (Lipinski definition) is 2. The van der Waals surface area contributed by atoms with Crippen LogP contribution in [0.4, 0.5) is 0 Å². The summed E-state index contributed by atoms with van der Waals surface area (Å²) in [6.07, 6.45) is 3.93. The minimum absolute atomic E-state index is 0.576. The number of amides is 1. The van der Waals surface area contributed by atoms with Gasteiger partial charge < -0.3 is 5.32 Å². The van der Waals surface area contributed by atoms with Gasteiger partial charge in [0, 0.05) is 6.21 Å². The van der Waals surface area contributed by atoms with Gasteiger partial charge in [0.2, 0.25) is 6.41 Å². The molecule has 0 aliphatic rings. The van der Waals surface area contributed by atoms with E-state index in [1.54, 1.807) is 26.1 Å². The maximum Gasteiger partial charge on any atom is 0.212 e. The Hall–Kier alpha value is -1.12. The summed E-state index contributed by atoms with van der Waals surface area (Å²) in [4.78, 5) is 13.6. The predicted octanol–water partition coefficient (Wildman–Crippen LogP) is 0.684. The van der Waals surface area contributed by atoms with Gasteiger partial charge in [-0.3, -0.25) is 4.79 Å². The second kappa shape index (κ2) is 5.03. The number of hydrogen-bond donors (Lipinski definition) is 1. The Morgan fingerprint density at radius 2 is 2.22 bits per heavy atom. The van der Waals surface area contributed by atoms with E-state index < -0.39 is 0 Å². The molecule has 0 rings (SSSR count). The molecule has 0 unspecified atom stereocenters. The Balaban J connectivity index is 3.84. The van der Waals surface area contributed by atoms with E-state index in [1.165, 1.54) is 0 Å². The molecule has 0 atom stereocenters. The van der Waals surface area contributed by atoms with Gasteiger partial charge in [0.25, 0.3) is 0 Å². The fraction of sp³-hybridized carbons (Fsp3) is 0.333. The van der Waals surface area contributed by atoms with Crippen molar-refractivity contribution in [3.05, 3.63) is 11.9 Å². The topological polar surface area (TPSA) is 41.5 Å². The zero-order valence-corrected chi connectivity index (χ0v) is 5.59. The minimum Gasteiger partial charge on any atom is -0.314 e. The van der Waals surface area contributed by atoms with Crippen LogP contribution in [0.1, 0.15) is 13.8 Å². The zero-order chi connectivity index (χ0) is 7.11. The second-order valence-electron chi connectivity index (χ2n) is 1.32. The summed E-state index contributed by atoms with van der Waals surface area (Å²) in [5.74, 6) is 0.576. The first-order valence-corrected chi connectivity index (χ1v) is 2.70. The van der Waals surface area contributed by atoms with Crippen molar-refractivity contribution in [2.75, 3.05) is 0 Å². The van der Waals surface area contributed by atoms with Gasteiger partial charge in [-0.15, -0.1) is 0 Å². The van der Waals surface area contributed by atoms with Gasteiger partial charge in [-0.05, 0) is 19.9 Å². The molecule has 0 bridgehead atoms. The molecule has 0 aromatic rings. The van der Waals surface area contributed by atoms with Gasteiger partial charge in [-0.2, -0.15) is 0 Å². The summed E-state index contributed by atoms with van der Waals surface area (Å²) < 4.78 is 0. The maximum atomic E-state index is 9.82. The van der Waals surface area contributed by atoms with E-state index in [1.807, 2.05) is 0 Å². The van der Waals surface area contributed by atoms with Crippen molar-refractivity contribution >= 4 is 12.6 Å². The third kappa shape index (κ3) is 3.46. The highest BCUT2D eigenvalue weighted by Crippen LogP contribution is 1.85. The lowest BCUT2D eigenvalue weighted by Crippen LogP contribution is -2.07. The van der Waals surface area contributed by atoms with Crippen LogP contribution in [0.3, 0.4) is 0 Å². The molecule has 0 aromatic heterocycles. The number of aliphatic imine (C=N–C) groups is 1. The summed E-state index contributed by atoms with van der Waals surface area (Å²) in [7, 11) is 0. The Morgan fingerprint density at radius 3 is 2.56 bits per heavy atom. The van der Waals surface area contributed by atoms with Crippen molar-refractivity contribution in [2.24, 2.45) is 4.99 Å². The van der Waals surface area contributed by atoms with Crippen LogP contribution in [0.25, 0.3) is 0 Å². The monoisotopic (exact) mass is 126 g/mol. The molecule has 1 amide bonds. The molecule has 3 nitrogen and oxygen atoms in total. The smallest absolute Gasteiger partial charge is 0.212 e. The lowest BCUT2D eigenvalue weighted by atomic mass is 10.6. The molecule has 3 heteroatoms. The number of carbonyl (C=O) groups excluding carboxylic acids is 1. The number of allylic oxidation sites excluding steroid dienone is 1. The van der Waals surface area contributed by atoms with Gasteiger partial charge in [0.05, 0.1) is 0 Å². The fourth-order valence-corrected chi connectivity index (χ4v) is 0.395. The molecule has 0 aliphatic carbocycles.